The largest absolute Gasteiger partial charge is 0.217 e. The van der Waals surface area contributed by atoms with E-state index in [1.165, 1.54) is 11.3 Å². The van der Waals surface area contributed by atoms with Gasteiger partial charge in [0.05, 0.1) is 4.21 Å². The Morgan fingerprint density at radius 2 is 2.27 bits per heavy atom. The lowest BCUT2D eigenvalue weighted by molar-refractivity contribution is 1.11. The maximum atomic E-state index is 5.71. The fraction of sp³-hybridized carbons (Fsp3) is 0.500. The summed E-state index contributed by atoms with van der Waals surface area (Å²) in [6.45, 7) is 4.29. The minimum absolute atomic E-state index is 0.572. The van der Waals surface area contributed by atoms with E-state index in [0.29, 0.717) is 9.72 Å². The van der Waals surface area contributed by atoms with Crippen molar-refractivity contribution in [3.63, 3.8) is 0 Å². The van der Waals surface area contributed by atoms with Crippen LogP contribution in [-0.4, -0.2) is 10.2 Å². The normalized spacial score (nSPS) is 11.0. The molecule has 0 unspecified atom stereocenters. The number of aromatic nitrogens is 1. The molecule has 0 atom stereocenters. The average molecular weight is 273 g/mol. The maximum Gasteiger partial charge on any atom is 0.185 e. The van der Waals surface area contributed by atoms with Crippen molar-refractivity contribution < 1.29 is 0 Å². The lowest BCUT2D eigenvalue weighted by Gasteiger charge is -1.99. The van der Waals surface area contributed by atoms with E-state index in [-0.39, 0.29) is 0 Å². The van der Waals surface area contributed by atoms with Crippen molar-refractivity contribution in [3.05, 3.63) is 9.07 Å². The standard InChI is InChI=1S/C6H7BrClNS2/c1-3(2)10-5-4(7)9-6(8)11-5/h3H,1-2H3. The van der Waals surface area contributed by atoms with Crippen LogP contribution in [0.25, 0.3) is 0 Å². The molecule has 0 bridgehead atoms. The summed E-state index contributed by atoms with van der Waals surface area (Å²) in [7, 11) is 0. The van der Waals surface area contributed by atoms with Crippen molar-refractivity contribution in [2.24, 2.45) is 0 Å². The third-order valence-corrected chi connectivity index (χ3v) is 4.34. The van der Waals surface area contributed by atoms with E-state index in [0.717, 1.165) is 8.81 Å². The molecule has 11 heavy (non-hydrogen) atoms. The predicted octanol–water partition coefficient (Wildman–Crippen LogP) is 4.06. The zero-order valence-electron chi connectivity index (χ0n) is 6.10. The fourth-order valence-electron chi connectivity index (χ4n) is 0.551. The van der Waals surface area contributed by atoms with Crippen LogP contribution in [0.1, 0.15) is 13.8 Å². The van der Waals surface area contributed by atoms with Gasteiger partial charge in [0.25, 0.3) is 0 Å². The summed E-state index contributed by atoms with van der Waals surface area (Å²) in [5, 5.41) is 0.572. The lowest BCUT2D eigenvalue weighted by Crippen LogP contribution is -1.83. The van der Waals surface area contributed by atoms with Gasteiger partial charge < -0.3 is 0 Å². The lowest BCUT2D eigenvalue weighted by atomic mass is 10.6. The maximum absolute atomic E-state index is 5.71. The second-order valence-electron chi connectivity index (χ2n) is 2.21. The molecule has 0 aliphatic carbocycles. The van der Waals surface area contributed by atoms with Crippen molar-refractivity contribution >= 4 is 50.6 Å². The number of thioether (sulfide) groups is 1. The second kappa shape index (κ2) is 4.12. The Kier molecular flexibility index (Phi) is 3.68. The monoisotopic (exact) mass is 271 g/mol. The van der Waals surface area contributed by atoms with Gasteiger partial charge in [-0.05, 0) is 15.9 Å². The molecular formula is C6H7BrClNS2. The van der Waals surface area contributed by atoms with Gasteiger partial charge in [-0.25, -0.2) is 4.98 Å². The number of halogens is 2. The molecule has 1 nitrogen and oxygen atoms in total. The van der Waals surface area contributed by atoms with Crippen LogP contribution >= 0.6 is 50.6 Å². The van der Waals surface area contributed by atoms with Crippen LogP contribution < -0.4 is 0 Å². The number of thiazole rings is 1. The molecule has 0 amide bonds. The van der Waals surface area contributed by atoms with Gasteiger partial charge >= 0.3 is 0 Å². The predicted molar refractivity (Wildman–Crippen MR) is 55.8 cm³/mol. The van der Waals surface area contributed by atoms with E-state index in [9.17, 15) is 0 Å². The van der Waals surface area contributed by atoms with E-state index in [1.54, 1.807) is 11.8 Å². The molecule has 62 valence electrons. The molecule has 0 saturated carbocycles. The van der Waals surface area contributed by atoms with Crippen molar-refractivity contribution in [1.29, 1.82) is 0 Å². The minimum Gasteiger partial charge on any atom is -0.217 e. The number of hydrogen-bond acceptors (Lipinski definition) is 3. The van der Waals surface area contributed by atoms with E-state index in [1.807, 2.05) is 0 Å². The van der Waals surface area contributed by atoms with Crippen molar-refractivity contribution in [2.45, 2.75) is 23.3 Å². The van der Waals surface area contributed by atoms with E-state index >= 15 is 0 Å². The molecule has 0 N–H and O–H groups in total. The summed E-state index contributed by atoms with van der Waals surface area (Å²) in [6, 6.07) is 0. The first-order valence-electron chi connectivity index (χ1n) is 3.08. The first-order chi connectivity index (χ1) is 5.09. The molecule has 1 aromatic rings. The molecule has 0 radical (unpaired) electrons. The third kappa shape index (κ3) is 2.93. The Morgan fingerprint density at radius 1 is 1.64 bits per heavy atom. The molecule has 0 aromatic carbocycles. The van der Waals surface area contributed by atoms with Gasteiger partial charge in [0.15, 0.2) is 4.47 Å². The average Bonchev–Trinajstić information content (AvgIpc) is 2.09. The van der Waals surface area contributed by atoms with E-state index in [4.69, 9.17) is 11.6 Å². The molecule has 1 heterocycles. The van der Waals surface area contributed by atoms with Gasteiger partial charge in [0.1, 0.15) is 4.60 Å². The molecule has 0 spiro atoms. The first-order valence-corrected chi connectivity index (χ1v) is 5.95. The summed E-state index contributed by atoms with van der Waals surface area (Å²) in [4.78, 5) is 4.04. The molecule has 0 aliphatic heterocycles. The molecular weight excluding hydrogens is 266 g/mol. The Bertz CT molecular complexity index is 249. The van der Waals surface area contributed by atoms with Crippen LogP contribution in [0.3, 0.4) is 0 Å². The minimum atomic E-state index is 0.572. The van der Waals surface area contributed by atoms with Crippen LogP contribution in [0.2, 0.25) is 4.47 Å². The smallest absolute Gasteiger partial charge is 0.185 e. The van der Waals surface area contributed by atoms with E-state index < -0.39 is 0 Å². The summed E-state index contributed by atoms with van der Waals surface area (Å²) in [6.07, 6.45) is 0. The zero-order chi connectivity index (χ0) is 8.43. The quantitative estimate of drug-likeness (QED) is 0.753. The first kappa shape index (κ1) is 9.84. The van der Waals surface area contributed by atoms with Crippen LogP contribution in [0.15, 0.2) is 8.81 Å². The van der Waals surface area contributed by atoms with Gasteiger partial charge in [-0.2, -0.15) is 0 Å². The highest BCUT2D eigenvalue weighted by molar-refractivity contribution is 9.10. The molecule has 5 heteroatoms. The molecule has 0 saturated heterocycles. The summed E-state index contributed by atoms with van der Waals surface area (Å²) >= 11 is 12.3. The van der Waals surface area contributed by atoms with Crippen LogP contribution in [0.5, 0.6) is 0 Å². The van der Waals surface area contributed by atoms with Gasteiger partial charge in [-0.15, -0.1) is 11.8 Å². The highest BCUT2D eigenvalue weighted by Gasteiger charge is 2.08. The number of nitrogens with zero attached hydrogens (tertiary/aromatic N) is 1. The SMILES string of the molecule is CC(C)Sc1sc(Cl)nc1Br. The van der Waals surface area contributed by atoms with Crippen LogP contribution in [-0.2, 0) is 0 Å². The Hall–Kier alpha value is 0.750. The van der Waals surface area contributed by atoms with Crippen molar-refractivity contribution in [1.82, 2.24) is 4.98 Å². The Morgan fingerprint density at radius 3 is 2.64 bits per heavy atom. The molecule has 1 rings (SSSR count). The fourth-order valence-corrected chi connectivity index (χ4v) is 3.92. The Labute approximate surface area is 87.7 Å². The second-order valence-corrected chi connectivity index (χ2v) is 6.39. The molecule has 0 fully saturated rings. The van der Waals surface area contributed by atoms with E-state index in [2.05, 4.69) is 34.8 Å². The Balaban J connectivity index is 2.77. The van der Waals surface area contributed by atoms with Crippen molar-refractivity contribution in [2.75, 3.05) is 0 Å². The third-order valence-electron chi connectivity index (χ3n) is 0.874. The van der Waals surface area contributed by atoms with Gasteiger partial charge in [0, 0.05) is 5.25 Å². The molecule has 0 aliphatic rings. The van der Waals surface area contributed by atoms with Gasteiger partial charge in [-0.1, -0.05) is 36.8 Å². The highest BCUT2D eigenvalue weighted by atomic mass is 79.9. The summed E-state index contributed by atoms with van der Waals surface area (Å²) in [5.74, 6) is 0. The van der Waals surface area contributed by atoms with Gasteiger partial charge in [-0.3, -0.25) is 0 Å². The topological polar surface area (TPSA) is 12.9 Å². The highest BCUT2D eigenvalue weighted by Crippen LogP contribution is 2.37. The van der Waals surface area contributed by atoms with Crippen LogP contribution in [0.4, 0.5) is 0 Å². The van der Waals surface area contributed by atoms with Crippen LogP contribution in [0, 0.1) is 0 Å². The summed E-state index contributed by atoms with van der Waals surface area (Å²) < 4.78 is 2.62. The van der Waals surface area contributed by atoms with Gasteiger partial charge in [0.2, 0.25) is 0 Å². The zero-order valence-corrected chi connectivity index (χ0v) is 10.1. The number of hydrogen-bond donors (Lipinski definition) is 0. The van der Waals surface area contributed by atoms with Crippen molar-refractivity contribution in [3.8, 4) is 0 Å². The number of rotatable bonds is 2. The molecule has 1 aromatic heterocycles. The summed E-state index contributed by atoms with van der Waals surface area (Å²) in [5.41, 5.74) is 0.